The molecule has 8 nitrogen and oxygen atoms in total. The minimum Gasteiger partial charge on any atom is -0.350 e. The Labute approximate surface area is 249 Å². The smallest absolute Gasteiger partial charge is 0.253 e. The molecule has 3 aromatic rings. The molecular weight excluding hydrogens is 581 g/mol. The van der Waals surface area contributed by atoms with Crippen LogP contribution in [0.25, 0.3) is 10.4 Å². The van der Waals surface area contributed by atoms with E-state index in [0.717, 1.165) is 28.2 Å². The van der Waals surface area contributed by atoms with E-state index in [0.29, 0.717) is 23.5 Å². The number of carbonyl (C=O) groups is 2. The van der Waals surface area contributed by atoms with Crippen molar-refractivity contribution in [3.8, 4) is 10.4 Å². The van der Waals surface area contributed by atoms with Gasteiger partial charge in [0, 0.05) is 46.3 Å². The highest BCUT2D eigenvalue weighted by Crippen LogP contribution is 2.45. The van der Waals surface area contributed by atoms with Crippen LogP contribution in [0.4, 0.5) is 0 Å². The second kappa shape index (κ2) is 13.1. The van der Waals surface area contributed by atoms with Gasteiger partial charge < -0.3 is 9.64 Å². The molecule has 3 heterocycles. The van der Waals surface area contributed by atoms with Crippen LogP contribution in [0.15, 0.2) is 71.6 Å². The Balaban J connectivity index is 1.45. The number of benzene rings is 2. The van der Waals surface area contributed by atoms with Gasteiger partial charge in [0.05, 0.1) is 12.2 Å². The number of amides is 2. The molecule has 1 aromatic heterocycles. The van der Waals surface area contributed by atoms with Crippen molar-refractivity contribution in [2.24, 2.45) is 0 Å². The highest BCUT2D eigenvalue weighted by Gasteiger charge is 2.50. The van der Waals surface area contributed by atoms with Gasteiger partial charge in [0.1, 0.15) is 4.75 Å². The lowest BCUT2D eigenvalue weighted by molar-refractivity contribution is -0.200. The molecule has 0 bridgehead atoms. The lowest BCUT2D eigenvalue weighted by atomic mass is 9.97. The largest absolute Gasteiger partial charge is 0.350 e. The molecule has 2 amide bonds. The predicted octanol–water partition coefficient (Wildman–Crippen LogP) is 5.26. The van der Waals surface area contributed by atoms with Gasteiger partial charge in [-0.05, 0) is 67.5 Å². The van der Waals surface area contributed by atoms with Crippen LogP contribution >= 0.6 is 23.1 Å². The Bertz CT molecular complexity index is 1450. The van der Waals surface area contributed by atoms with Crippen molar-refractivity contribution < 1.29 is 27.6 Å². The Morgan fingerprint density at radius 1 is 1.07 bits per heavy atom. The molecule has 11 heteroatoms. The monoisotopic (exact) mass is 614 g/mol. The van der Waals surface area contributed by atoms with E-state index in [2.05, 4.69) is 5.48 Å². The van der Waals surface area contributed by atoms with Crippen LogP contribution in [0.5, 0.6) is 0 Å². The number of nitrogens with zero attached hydrogens (tertiary/aromatic N) is 1. The van der Waals surface area contributed by atoms with Gasteiger partial charge in [0.25, 0.3) is 5.91 Å². The summed E-state index contributed by atoms with van der Waals surface area (Å²) < 4.78 is 32.3. The zero-order valence-electron chi connectivity index (χ0n) is 22.9. The minimum atomic E-state index is -3.88. The normalized spacial score (nSPS) is 22.6. The third-order valence-corrected chi connectivity index (χ3v) is 12.3. The summed E-state index contributed by atoms with van der Waals surface area (Å²) in [6.45, 7) is 0.808. The third-order valence-electron chi connectivity index (χ3n) is 7.64. The Hall–Kier alpha value is -2.70. The first-order chi connectivity index (χ1) is 19.8. The third kappa shape index (κ3) is 6.70. The zero-order chi connectivity index (χ0) is 28.9. The van der Waals surface area contributed by atoms with Gasteiger partial charge in [-0.1, -0.05) is 30.3 Å². The molecule has 0 aliphatic carbocycles. The summed E-state index contributed by atoms with van der Waals surface area (Å²) in [5.41, 5.74) is 3.93. The van der Waals surface area contributed by atoms with E-state index in [4.69, 9.17) is 9.57 Å². The number of ether oxygens (including phenoxy) is 1. The van der Waals surface area contributed by atoms with Crippen LogP contribution in [-0.2, 0) is 29.0 Å². The van der Waals surface area contributed by atoms with E-state index in [1.54, 1.807) is 40.9 Å². The number of rotatable bonds is 8. The average Bonchev–Trinajstić information content (AvgIpc) is 3.46. The molecule has 41 heavy (non-hydrogen) atoms. The van der Waals surface area contributed by atoms with Gasteiger partial charge in [-0.2, -0.15) is 0 Å². The number of hydroxylamine groups is 1. The summed E-state index contributed by atoms with van der Waals surface area (Å²) in [7, 11) is -3.88. The van der Waals surface area contributed by atoms with Crippen molar-refractivity contribution in [2.75, 3.05) is 31.7 Å². The second-order valence-corrected chi connectivity index (χ2v) is 14.6. The minimum absolute atomic E-state index is 0.0558. The van der Waals surface area contributed by atoms with Crippen LogP contribution in [0.1, 0.15) is 47.3 Å². The topological polar surface area (TPSA) is 102 Å². The van der Waals surface area contributed by atoms with E-state index >= 15 is 0 Å². The van der Waals surface area contributed by atoms with Crippen molar-refractivity contribution in [3.05, 3.63) is 77.2 Å². The van der Waals surface area contributed by atoms with Gasteiger partial charge in [0.2, 0.25) is 5.91 Å². The van der Waals surface area contributed by atoms with E-state index in [1.807, 2.05) is 48.7 Å². The number of hydrogen-bond donors (Lipinski definition) is 1. The van der Waals surface area contributed by atoms with E-state index in [9.17, 15) is 18.0 Å². The first-order valence-corrected chi connectivity index (χ1v) is 17.4. The summed E-state index contributed by atoms with van der Waals surface area (Å²) in [6.07, 6.45) is 3.76. The molecule has 2 aliphatic rings. The molecule has 2 aliphatic heterocycles. The Kier molecular flexibility index (Phi) is 9.50. The molecule has 5 rings (SSSR count). The van der Waals surface area contributed by atoms with Gasteiger partial charge in [-0.25, -0.2) is 18.7 Å². The summed E-state index contributed by atoms with van der Waals surface area (Å²) >= 11 is 3.03. The summed E-state index contributed by atoms with van der Waals surface area (Å²) in [5, 5.41) is 0. The number of hydrogen-bond acceptors (Lipinski definition) is 8. The number of nitrogens with one attached hydrogen (secondary N) is 1. The van der Waals surface area contributed by atoms with Gasteiger partial charge in [-0.3, -0.25) is 9.59 Å². The van der Waals surface area contributed by atoms with Crippen molar-refractivity contribution in [1.29, 1.82) is 0 Å². The van der Waals surface area contributed by atoms with Crippen LogP contribution in [0, 0.1) is 0 Å². The molecule has 1 N–H and O–H groups in total. The highest BCUT2D eigenvalue weighted by atomic mass is 32.2. The summed E-state index contributed by atoms with van der Waals surface area (Å²) in [4.78, 5) is 36.3. The molecule has 2 atom stereocenters. The molecule has 0 saturated carbocycles. The van der Waals surface area contributed by atoms with Crippen molar-refractivity contribution in [1.82, 2.24) is 10.4 Å². The van der Waals surface area contributed by atoms with Gasteiger partial charge >= 0.3 is 0 Å². The lowest BCUT2D eigenvalue weighted by Crippen LogP contribution is -2.43. The van der Waals surface area contributed by atoms with Gasteiger partial charge in [-0.15, -0.1) is 23.1 Å². The fraction of sp³-hybridized carbons (Fsp3) is 0.400. The molecule has 2 fully saturated rings. The molecule has 2 aromatic carbocycles. The van der Waals surface area contributed by atoms with E-state index in [1.165, 1.54) is 11.3 Å². The molecule has 218 valence electrons. The zero-order valence-corrected chi connectivity index (χ0v) is 25.4. The number of thiophene rings is 1. The first-order valence-electron chi connectivity index (χ1n) is 13.7. The van der Waals surface area contributed by atoms with Crippen LogP contribution in [0.3, 0.4) is 0 Å². The molecule has 0 radical (unpaired) electrons. The Morgan fingerprint density at radius 2 is 1.85 bits per heavy atom. The quantitative estimate of drug-likeness (QED) is 0.273. The predicted molar refractivity (Wildman–Crippen MR) is 161 cm³/mol. The Morgan fingerprint density at radius 3 is 2.56 bits per heavy atom. The first kappa shape index (κ1) is 29.8. The van der Waals surface area contributed by atoms with Crippen LogP contribution in [0.2, 0.25) is 0 Å². The van der Waals surface area contributed by atoms with E-state index in [-0.39, 0.29) is 37.6 Å². The standard InChI is InChI=1S/C30H34N2O6S3/c1-39-24-12-10-22(11-13-24)25-14-15-26(40-25)30(21-27(33)31-38-28-9-5-6-19-37-28)16-17-32(18-20-41(30,35)36)29(34)23-7-3-2-4-8-23/h2-4,7-8,10-15,28H,5-6,9,16-21H2,1H3,(H,31,33). The molecule has 0 spiro atoms. The summed E-state index contributed by atoms with van der Waals surface area (Å²) in [5.74, 6) is -1.01. The van der Waals surface area contributed by atoms with Gasteiger partial charge in [0.15, 0.2) is 16.1 Å². The number of sulfone groups is 1. The highest BCUT2D eigenvalue weighted by molar-refractivity contribution is 7.98. The van der Waals surface area contributed by atoms with Crippen molar-refractivity contribution >= 4 is 44.8 Å². The van der Waals surface area contributed by atoms with E-state index < -0.39 is 26.8 Å². The average molecular weight is 615 g/mol. The molecular formula is C30H34N2O6S3. The number of thioether (sulfide) groups is 1. The fourth-order valence-electron chi connectivity index (χ4n) is 5.26. The number of carbonyl (C=O) groups excluding carboxylic acids is 2. The maximum Gasteiger partial charge on any atom is 0.253 e. The van der Waals surface area contributed by atoms with Crippen molar-refractivity contribution in [3.63, 3.8) is 0 Å². The summed E-state index contributed by atoms with van der Waals surface area (Å²) in [6, 6.07) is 20.7. The molecule has 2 saturated heterocycles. The maximum atomic E-state index is 14.1. The molecule has 2 unspecified atom stereocenters. The van der Waals surface area contributed by atoms with Crippen LogP contribution in [-0.4, -0.2) is 63.1 Å². The lowest BCUT2D eigenvalue weighted by Gasteiger charge is -2.31. The second-order valence-electron chi connectivity index (χ2n) is 10.2. The fourth-order valence-corrected chi connectivity index (χ4v) is 9.28. The SMILES string of the molecule is CSc1ccc(-c2ccc(C3(CC(=O)NOC4CCCCO4)CCN(C(=O)c4ccccc4)CCS3(=O)=O)s2)cc1. The van der Waals surface area contributed by atoms with Crippen molar-refractivity contribution in [2.45, 2.75) is 48.0 Å². The van der Waals surface area contributed by atoms with Crippen LogP contribution < -0.4 is 5.48 Å². The maximum absolute atomic E-state index is 14.1.